The van der Waals surface area contributed by atoms with Gasteiger partial charge in [0.15, 0.2) is 17.3 Å². The Labute approximate surface area is 204 Å². The first kappa shape index (κ1) is 25.7. The summed E-state index contributed by atoms with van der Waals surface area (Å²) >= 11 is 0. The minimum atomic E-state index is -3.97. The molecule has 8 nitrogen and oxygen atoms in total. The Bertz CT molecular complexity index is 1320. The van der Waals surface area contributed by atoms with E-state index in [9.17, 15) is 18.0 Å². The molecule has 0 atom stereocenters. The van der Waals surface area contributed by atoms with E-state index in [-0.39, 0.29) is 16.2 Å². The molecule has 3 rings (SSSR count). The fourth-order valence-electron chi connectivity index (χ4n) is 3.16. The quantitative estimate of drug-likeness (QED) is 0.318. The molecule has 182 valence electrons. The monoisotopic (exact) mass is 495 g/mol. The maximum Gasteiger partial charge on any atom is 0.318 e. The second-order valence-electron chi connectivity index (χ2n) is 7.56. The number of carboxylic acids is 1. The maximum absolute atomic E-state index is 12.6. The van der Waals surface area contributed by atoms with Gasteiger partial charge in [-0.25, -0.2) is 8.42 Å². The molecule has 0 amide bonds. The summed E-state index contributed by atoms with van der Waals surface area (Å²) in [7, 11) is -1.26. The van der Waals surface area contributed by atoms with E-state index in [2.05, 4.69) is 0 Å². The van der Waals surface area contributed by atoms with Crippen molar-refractivity contribution >= 4 is 27.9 Å². The molecular formula is C26H25NO7S. The lowest BCUT2D eigenvalue weighted by Gasteiger charge is -2.14. The Balaban J connectivity index is 1.68. The summed E-state index contributed by atoms with van der Waals surface area (Å²) in [4.78, 5) is 23.3. The van der Waals surface area contributed by atoms with E-state index >= 15 is 0 Å². The van der Waals surface area contributed by atoms with Crippen molar-refractivity contribution in [1.29, 1.82) is 0 Å². The number of likely N-dealkylation sites (N-methyl/N-ethyl adjacent to an activating group) is 1. The number of carbonyl (C=O) groups is 2. The number of allylic oxidation sites excluding steroid dienone is 1. The lowest BCUT2D eigenvalue weighted by atomic mass is 10.1. The molecular weight excluding hydrogens is 470 g/mol. The van der Waals surface area contributed by atoms with Crippen LogP contribution in [0.2, 0.25) is 0 Å². The summed E-state index contributed by atoms with van der Waals surface area (Å²) in [5.41, 5.74) is 2.03. The highest BCUT2D eigenvalue weighted by molar-refractivity contribution is 7.89. The van der Waals surface area contributed by atoms with Crippen molar-refractivity contribution in [3.63, 3.8) is 0 Å². The maximum atomic E-state index is 12.6. The standard InChI is InChI=1S/C26H25NO7S/c1-27(17-26(29)30)35(31,32)22-12-10-21(11-13-22)23(28)14-8-19-9-15-24(25(16-19)33-2)34-18-20-6-4-3-5-7-20/h3-16H,17-18H2,1-2H3,(H,29,30)/b14-8+. The van der Waals surface area contributed by atoms with Gasteiger partial charge in [0.05, 0.1) is 12.0 Å². The van der Waals surface area contributed by atoms with Gasteiger partial charge in [-0.2, -0.15) is 4.31 Å². The lowest BCUT2D eigenvalue weighted by Crippen LogP contribution is -2.32. The number of hydrogen-bond acceptors (Lipinski definition) is 6. The van der Waals surface area contributed by atoms with Crippen molar-refractivity contribution in [3.8, 4) is 11.5 Å². The molecule has 0 aromatic heterocycles. The largest absolute Gasteiger partial charge is 0.493 e. The number of rotatable bonds is 11. The van der Waals surface area contributed by atoms with Crippen LogP contribution in [0.25, 0.3) is 6.08 Å². The highest BCUT2D eigenvalue weighted by Gasteiger charge is 2.22. The first-order valence-corrected chi connectivity index (χ1v) is 12.0. The van der Waals surface area contributed by atoms with Gasteiger partial charge in [-0.1, -0.05) is 42.5 Å². The summed E-state index contributed by atoms with van der Waals surface area (Å²) in [5.74, 6) is -0.489. The molecule has 0 heterocycles. The van der Waals surface area contributed by atoms with Gasteiger partial charge in [0.25, 0.3) is 0 Å². The van der Waals surface area contributed by atoms with Crippen molar-refractivity contribution in [2.45, 2.75) is 11.5 Å². The average molecular weight is 496 g/mol. The van der Waals surface area contributed by atoms with Gasteiger partial charge in [0, 0.05) is 12.6 Å². The molecule has 0 saturated heterocycles. The second kappa shape index (κ2) is 11.5. The number of ketones is 1. The number of aliphatic carboxylic acids is 1. The highest BCUT2D eigenvalue weighted by atomic mass is 32.2. The van der Waals surface area contributed by atoms with Crippen molar-refractivity contribution in [1.82, 2.24) is 4.31 Å². The molecule has 0 aliphatic heterocycles. The third kappa shape index (κ3) is 6.78. The highest BCUT2D eigenvalue weighted by Crippen LogP contribution is 2.29. The van der Waals surface area contributed by atoms with Crippen LogP contribution >= 0.6 is 0 Å². The Morgan fingerprint density at radius 1 is 0.971 bits per heavy atom. The van der Waals surface area contributed by atoms with Crippen molar-refractivity contribution in [2.75, 3.05) is 20.7 Å². The van der Waals surface area contributed by atoms with Crippen LogP contribution < -0.4 is 9.47 Å². The SMILES string of the molecule is COc1cc(/C=C/C(=O)c2ccc(S(=O)(=O)N(C)CC(=O)O)cc2)ccc1OCc1ccccc1. The predicted octanol–water partition coefficient (Wildman–Crippen LogP) is 3.88. The molecule has 0 aliphatic rings. The molecule has 1 N–H and O–H groups in total. The number of ether oxygens (including phenoxy) is 2. The fourth-order valence-corrected chi connectivity index (χ4v) is 4.28. The van der Waals surface area contributed by atoms with E-state index in [4.69, 9.17) is 14.6 Å². The summed E-state index contributed by atoms with van der Waals surface area (Å²) in [6.07, 6.45) is 3.00. The summed E-state index contributed by atoms with van der Waals surface area (Å²) in [6, 6.07) is 20.4. The van der Waals surface area contributed by atoms with Crippen LogP contribution in [0.1, 0.15) is 21.5 Å². The molecule has 9 heteroatoms. The zero-order chi connectivity index (χ0) is 25.4. The van der Waals surface area contributed by atoms with Gasteiger partial charge in [-0.15, -0.1) is 0 Å². The lowest BCUT2D eigenvalue weighted by molar-refractivity contribution is -0.137. The van der Waals surface area contributed by atoms with E-state index in [0.29, 0.717) is 18.1 Å². The van der Waals surface area contributed by atoms with E-state index in [0.717, 1.165) is 15.4 Å². The molecule has 0 bridgehead atoms. The molecule has 0 spiro atoms. The number of methoxy groups -OCH3 is 1. The van der Waals surface area contributed by atoms with Gasteiger partial charge in [-0.05, 0) is 53.6 Å². The smallest absolute Gasteiger partial charge is 0.318 e. The summed E-state index contributed by atoms with van der Waals surface area (Å²) in [6.45, 7) is -0.270. The molecule has 35 heavy (non-hydrogen) atoms. The number of carbonyl (C=O) groups excluding carboxylic acids is 1. The van der Waals surface area contributed by atoms with Gasteiger partial charge >= 0.3 is 5.97 Å². The van der Waals surface area contributed by atoms with Crippen molar-refractivity contribution in [2.24, 2.45) is 0 Å². The molecule has 0 fully saturated rings. The Morgan fingerprint density at radius 2 is 1.66 bits per heavy atom. The zero-order valence-electron chi connectivity index (χ0n) is 19.2. The van der Waals surface area contributed by atoms with Gasteiger partial charge < -0.3 is 14.6 Å². The first-order valence-electron chi connectivity index (χ1n) is 10.6. The third-order valence-corrected chi connectivity index (χ3v) is 6.87. The van der Waals surface area contributed by atoms with Crippen LogP contribution in [0.4, 0.5) is 0 Å². The fraction of sp³-hybridized carbons (Fsp3) is 0.154. The van der Waals surface area contributed by atoms with Crippen LogP contribution in [0.3, 0.4) is 0 Å². The number of hydrogen-bond donors (Lipinski definition) is 1. The Morgan fingerprint density at radius 3 is 2.29 bits per heavy atom. The molecule has 3 aromatic carbocycles. The minimum Gasteiger partial charge on any atom is -0.493 e. The van der Waals surface area contributed by atoms with Crippen LogP contribution in [0.15, 0.2) is 83.8 Å². The number of sulfonamides is 1. The van der Waals surface area contributed by atoms with Crippen molar-refractivity contribution in [3.05, 3.63) is 95.6 Å². The Kier molecular flexibility index (Phi) is 8.40. The van der Waals surface area contributed by atoms with Gasteiger partial charge in [-0.3, -0.25) is 9.59 Å². The number of nitrogens with zero attached hydrogens (tertiary/aromatic N) is 1. The van der Waals surface area contributed by atoms with Crippen molar-refractivity contribution < 1.29 is 32.6 Å². The molecule has 0 unspecified atom stereocenters. The topological polar surface area (TPSA) is 110 Å². The minimum absolute atomic E-state index is 0.0994. The Hall–Kier alpha value is -3.95. The summed E-state index contributed by atoms with van der Waals surface area (Å²) < 4.78 is 36.8. The molecule has 0 radical (unpaired) electrons. The van der Waals surface area contributed by atoms with Crippen LogP contribution in [-0.4, -0.2) is 50.3 Å². The van der Waals surface area contributed by atoms with Crippen LogP contribution in [0.5, 0.6) is 11.5 Å². The second-order valence-corrected chi connectivity index (χ2v) is 9.61. The van der Waals surface area contributed by atoms with Gasteiger partial charge in [0.1, 0.15) is 13.2 Å². The molecule has 3 aromatic rings. The van der Waals surface area contributed by atoms with E-state index in [1.165, 1.54) is 44.5 Å². The first-order chi connectivity index (χ1) is 16.7. The predicted molar refractivity (Wildman–Crippen MR) is 131 cm³/mol. The van der Waals surface area contributed by atoms with Crippen LogP contribution in [0, 0.1) is 0 Å². The van der Waals surface area contributed by atoms with E-state index in [1.807, 2.05) is 30.3 Å². The normalized spacial score (nSPS) is 11.5. The van der Waals surface area contributed by atoms with E-state index < -0.39 is 22.5 Å². The van der Waals surface area contributed by atoms with Gasteiger partial charge in [0.2, 0.25) is 10.0 Å². The molecule has 0 saturated carbocycles. The zero-order valence-corrected chi connectivity index (χ0v) is 20.1. The average Bonchev–Trinajstić information content (AvgIpc) is 2.86. The third-order valence-electron chi connectivity index (χ3n) is 5.06. The van der Waals surface area contributed by atoms with Crippen LogP contribution in [-0.2, 0) is 21.4 Å². The molecule has 0 aliphatic carbocycles. The van der Waals surface area contributed by atoms with E-state index in [1.54, 1.807) is 24.3 Å². The number of benzene rings is 3. The number of carboxylic acid groups (broad SMARTS) is 1. The summed E-state index contributed by atoms with van der Waals surface area (Å²) in [5, 5.41) is 8.81.